The smallest absolute Gasteiger partial charge is 0.262 e. The third-order valence-electron chi connectivity index (χ3n) is 15.1. The molecule has 0 radical (unpaired) electrons. The second-order valence-corrected chi connectivity index (χ2v) is 23.7. The van der Waals surface area contributed by atoms with Gasteiger partial charge < -0.3 is 156 Å². The molecule has 10 aromatic rings. The van der Waals surface area contributed by atoms with Crippen molar-refractivity contribution in [2.75, 3.05) is 44.9 Å². The number of aliphatic hydroxyl groups is 1. The number of benzene rings is 10. The van der Waals surface area contributed by atoms with Crippen LogP contribution in [0.3, 0.4) is 0 Å². The summed E-state index contributed by atoms with van der Waals surface area (Å²) < 4.78 is 38.1. The first-order valence-electron chi connectivity index (χ1n) is 33.1. The Bertz CT molecular complexity index is 4510. The summed E-state index contributed by atoms with van der Waals surface area (Å²) in [5, 5.41) is 203. The first-order chi connectivity index (χ1) is 52.4. The van der Waals surface area contributed by atoms with Crippen LogP contribution >= 0.6 is 0 Å². The van der Waals surface area contributed by atoms with Crippen LogP contribution in [0.4, 0.5) is 5.69 Å². The molecule has 0 aliphatic heterocycles. The number of phenols is 20. The van der Waals surface area contributed by atoms with Crippen LogP contribution in [0.1, 0.15) is 36.8 Å². The van der Waals surface area contributed by atoms with Crippen molar-refractivity contribution < 1.29 is 150 Å². The summed E-state index contributed by atoms with van der Waals surface area (Å²) in [6.07, 6.45) is 1.95. The molecule has 33 nitrogen and oxygen atoms in total. The van der Waals surface area contributed by atoms with Crippen molar-refractivity contribution in [1.29, 1.82) is 0 Å². The second-order valence-electron chi connectivity index (χ2n) is 23.7. The van der Waals surface area contributed by atoms with Gasteiger partial charge in [-0.2, -0.15) is 0 Å². The lowest BCUT2D eigenvalue weighted by Crippen LogP contribution is -2.31. The normalized spacial score (nSPS) is 12.7. The molecule has 10 aromatic carbocycles. The first-order valence-corrected chi connectivity index (χ1v) is 33.1. The van der Waals surface area contributed by atoms with Crippen LogP contribution in [-0.2, 0) is 22.7 Å². The highest BCUT2D eigenvalue weighted by Crippen LogP contribution is 2.38. The summed E-state index contributed by atoms with van der Waals surface area (Å²) in [4.78, 5) is 23.3. The van der Waals surface area contributed by atoms with E-state index in [0.29, 0.717) is 66.2 Å². The minimum atomic E-state index is -0.781. The number of aliphatic hydroxyl groups excluding tert-OH is 1. The Morgan fingerprint density at radius 1 is 0.327 bits per heavy atom. The van der Waals surface area contributed by atoms with Gasteiger partial charge in [-0.05, 0) is 152 Å². The van der Waals surface area contributed by atoms with E-state index in [1.165, 1.54) is 146 Å². The lowest BCUT2D eigenvalue weighted by molar-refractivity contribution is -0.123. The first kappa shape index (κ1) is 82.9. The number of nitrogens with one attached hydrogen (secondary N) is 3. The number of hydrogen-bond donors (Lipinski definition) is 24. The summed E-state index contributed by atoms with van der Waals surface area (Å²) in [7, 11) is 0. The molecule has 110 heavy (non-hydrogen) atoms. The van der Waals surface area contributed by atoms with Gasteiger partial charge in [0.15, 0.2) is 128 Å². The molecule has 1 saturated carbocycles. The van der Waals surface area contributed by atoms with Gasteiger partial charge in [-0.15, -0.1) is 0 Å². The molecule has 1 fully saturated rings. The van der Waals surface area contributed by atoms with Gasteiger partial charge in [0.1, 0.15) is 65.2 Å². The van der Waals surface area contributed by atoms with Crippen molar-refractivity contribution in [3.05, 3.63) is 193 Å². The number of rotatable bonds is 26. The monoisotopic (exact) mass is 1530 g/mol. The summed E-state index contributed by atoms with van der Waals surface area (Å²) in [5.74, 6) is -3.30. The van der Waals surface area contributed by atoms with E-state index in [2.05, 4.69) is 16.0 Å². The highest BCUT2D eigenvalue weighted by Gasteiger charge is 2.31. The third kappa shape index (κ3) is 27.3. The molecule has 584 valence electrons. The van der Waals surface area contributed by atoms with Crippen molar-refractivity contribution in [2.24, 2.45) is 0 Å². The van der Waals surface area contributed by atoms with Crippen LogP contribution in [0.25, 0.3) is 0 Å². The summed E-state index contributed by atoms with van der Waals surface area (Å²) >= 11 is 0. The van der Waals surface area contributed by atoms with Crippen molar-refractivity contribution in [2.45, 2.75) is 57.1 Å². The highest BCUT2D eigenvalue weighted by molar-refractivity contribution is 5.92. The minimum Gasteiger partial charge on any atom is -0.504 e. The number of carbonyl (C=O) groups is 2. The zero-order valence-electron chi connectivity index (χ0n) is 58.1. The Hall–Kier alpha value is -14.3. The maximum atomic E-state index is 11.6. The molecule has 0 spiro atoms. The minimum absolute atomic E-state index is 0.0119. The van der Waals surface area contributed by atoms with E-state index in [9.17, 15) is 91.3 Å². The Morgan fingerprint density at radius 2 is 0.627 bits per heavy atom. The van der Waals surface area contributed by atoms with Gasteiger partial charge in [-0.3, -0.25) is 9.59 Å². The van der Waals surface area contributed by atoms with Gasteiger partial charge in [-0.25, -0.2) is 0 Å². The van der Waals surface area contributed by atoms with Gasteiger partial charge in [0.25, 0.3) is 11.8 Å². The highest BCUT2D eigenvalue weighted by atomic mass is 16.5. The van der Waals surface area contributed by atoms with E-state index >= 15 is 0 Å². The standard InChI is InChI=1S/C17H18O6.C16H19NO6.C15H15NO6.C15H16O6.C14H13NO6/c18-12-6-4-10(8-14(12)20)22-16-2-1-3-17(16)23-11-5-7-13(19)15(21)9-11;18-11(9-23-12-2-4-14(20)16(22)6-12)8-17-7-10-1-3-13(19)15(21)5-10;17-11-3-1-9(5-13(11)19)7-16-15(21)8-22-10-2-4-12(18)14(20)6-10;16-12-4-2-10(8-14(12)18)20-6-1-7-21-11-3-5-13(17)15(19)9-11;16-10-3-1-8(5-12(10)18)15-14(20)7-21-9-2-4-11(17)13(19)6-9/h4-9,16-21H,1-3H2;1-6,11,17-22H,7-9H2;1-6,17-20H,7-8H2,(H,16,21);2-5,8-9,16-19H,1,6-7H2;1-6,16-19H,7H2,(H,15,20)/t16-,17?;;;;/m1..../s1. The quantitative estimate of drug-likeness (QED) is 0.0136. The number of ether oxygens (including phenoxy) is 7. The molecular weight excluding hydrogens is 1450 g/mol. The number of phenolic OH excluding ortho intramolecular Hbond substituents is 20. The number of anilines is 1. The fourth-order valence-corrected chi connectivity index (χ4v) is 9.41. The molecule has 11 rings (SSSR count). The fourth-order valence-electron chi connectivity index (χ4n) is 9.41. The molecule has 2 unspecified atom stereocenters. The van der Waals surface area contributed by atoms with E-state index in [1.807, 2.05) is 0 Å². The van der Waals surface area contributed by atoms with Gasteiger partial charge in [0.05, 0.1) is 13.2 Å². The number of aromatic hydroxyl groups is 20. The Morgan fingerprint density at radius 3 is 0.991 bits per heavy atom. The van der Waals surface area contributed by atoms with Crippen LogP contribution < -0.4 is 49.1 Å². The van der Waals surface area contributed by atoms with Gasteiger partial charge in [-0.1, -0.05) is 12.1 Å². The molecule has 0 heterocycles. The topological polar surface area (TPSA) is 560 Å². The van der Waals surface area contributed by atoms with E-state index < -0.39 is 17.9 Å². The zero-order chi connectivity index (χ0) is 80.0. The number of hydrogen-bond acceptors (Lipinski definition) is 31. The van der Waals surface area contributed by atoms with Gasteiger partial charge in [0.2, 0.25) is 0 Å². The van der Waals surface area contributed by atoms with Crippen molar-refractivity contribution in [1.82, 2.24) is 10.6 Å². The maximum Gasteiger partial charge on any atom is 0.262 e. The van der Waals surface area contributed by atoms with Crippen molar-refractivity contribution >= 4 is 17.5 Å². The van der Waals surface area contributed by atoms with Crippen molar-refractivity contribution in [3.8, 4) is 155 Å². The Balaban J connectivity index is 0.000000191. The van der Waals surface area contributed by atoms with Crippen LogP contribution in [0.2, 0.25) is 0 Å². The zero-order valence-corrected chi connectivity index (χ0v) is 58.1. The molecule has 0 saturated heterocycles. The summed E-state index contributed by atoms with van der Waals surface area (Å²) in [6, 6.07) is 41.3. The summed E-state index contributed by atoms with van der Waals surface area (Å²) in [6.45, 7) is 0.980. The third-order valence-corrected chi connectivity index (χ3v) is 15.1. The predicted octanol–water partition coefficient (Wildman–Crippen LogP) is 9.01. The molecule has 2 amide bonds. The SMILES string of the molecule is O=C(COc1ccc(O)c(O)c1)NCc1ccc(O)c(O)c1.O=C(COc1ccc(O)c(O)c1)Nc1ccc(O)c(O)c1.Oc1ccc(CNCC(O)COc2ccc(O)c(O)c2)cc1O.Oc1ccc(OC2CCC[C@H]2Oc2ccc(O)c(O)c2)cc1O.Oc1ccc(OCCCOc2ccc(O)c(O)c2)cc1O. The average molecular weight is 1530 g/mol. The molecule has 24 N–H and O–H groups in total. The predicted molar refractivity (Wildman–Crippen MR) is 391 cm³/mol. The number of carbonyl (C=O) groups excluding carboxylic acids is 2. The van der Waals surface area contributed by atoms with Gasteiger partial charge >= 0.3 is 0 Å². The van der Waals surface area contributed by atoms with Crippen LogP contribution in [-0.4, -0.2) is 177 Å². The van der Waals surface area contributed by atoms with E-state index in [4.69, 9.17) is 58.7 Å². The fraction of sp³-hybridized carbons (Fsp3) is 0.195. The van der Waals surface area contributed by atoms with E-state index in [1.54, 1.807) is 36.4 Å². The molecule has 1 aliphatic carbocycles. The molecule has 0 aromatic heterocycles. The molecular formula is C77H81N3O30. The largest absolute Gasteiger partial charge is 0.504 e. The van der Waals surface area contributed by atoms with Crippen molar-refractivity contribution in [3.63, 3.8) is 0 Å². The molecule has 3 atom stereocenters. The molecule has 33 heteroatoms. The molecule has 1 aliphatic rings. The molecule has 0 bridgehead atoms. The van der Waals surface area contributed by atoms with Gasteiger partial charge in [0, 0.05) is 80.3 Å². The van der Waals surface area contributed by atoms with Crippen LogP contribution in [0.5, 0.6) is 155 Å². The van der Waals surface area contributed by atoms with Crippen LogP contribution in [0, 0.1) is 0 Å². The Labute approximate surface area is 626 Å². The lowest BCUT2D eigenvalue weighted by Gasteiger charge is -2.22. The lowest BCUT2D eigenvalue weighted by atomic mass is 10.2. The average Bonchev–Trinajstić information content (AvgIpc) is 1.66. The maximum absolute atomic E-state index is 11.6. The van der Waals surface area contributed by atoms with E-state index in [-0.39, 0.29) is 172 Å². The van der Waals surface area contributed by atoms with Crippen LogP contribution in [0.15, 0.2) is 182 Å². The summed E-state index contributed by atoms with van der Waals surface area (Å²) in [5.41, 5.74) is 1.68. The second kappa shape index (κ2) is 40.8. The van der Waals surface area contributed by atoms with E-state index in [0.717, 1.165) is 24.8 Å². The Kier molecular flexibility index (Phi) is 30.8. The number of amides is 2.